The summed E-state index contributed by atoms with van der Waals surface area (Å²) >= 11 is -0.662. The third kappa shape index (κ3) is 3.25. The molecule has 3 aliphatic carbocycles. The fraction of sp³-hybridized carbons (Fsp3) is 0.333. The zero-order valence-electron chi connectivity index (χ0n) is 15.8. The van der Waals surface area contributed by atoms with E-state index in [4.69, 9.17) is 0 Å². The molecule has 0 amide bonds. The van der Waals surface area contributed by atoms with Crippen molar-refractivity contribution in [2.75, 3.05) is 0 Å². The number of hydrogen-bond donors (Lipinski definition) is 0. The van der Waals surface area contributed by atoms with Gasteiger partial charge in [-0.3, -0.25) is 0 Å². The molecule has 0 radical (unpaired) electrons. The van der Waals surface area contributed by atoms with Crippen LogP contribution >= 0.6 is 0 Å². The van der Waals surface area contributed by atoms with Crippen molar-refractivity contribution in [2.24, 2.45) is 0 Å². The van der Waals surface area contributed by atoms with Crippen LogP contribution in [-0.4, -0.2) is 0 Å². The van der Waals surface area contributed by atoms with Crippen LogP contribution in [0.25, 0.3) is 11.6 Å². The fourth-order valence-corrected chi connectivity index (χ4v) is 10.3. The Morgan fingerprint density at radius 1 is 0.963 bits per heavy atom. The second-order valence-corrected chi connectivity index (χ2v) is 12.8. The summed E-state index contributed by atoms with van der Waals surface area (Å²) in [6.45, 7) is 5.02. The van der Waals surface area contributed by atoms with Crippen LogP contribution in [0.5, 0.6) is 0 Å². The molecule has 0 saturated heterocycles. The van der Waals surface area contributed by atoms with Gasteiger partial charge in [-0.05, 0) is 0 Å². The van der Waals surface area contributed by atoms with Gasteiger partial charge in [-0.1, -0.05) is 0 Å². The predicted molar refractivity (Wildman–Crippen MR) is 102 cm³/mol. The Hall–Kier alpha value is -0.617. The molecule has 3 aliphatic rings. The van der Waals surface area contributed by atoms with E-state index in [9.17, 15) is 0 Å². The number of hydrogen-bond acceptors (Lipinski definition) is 0. The average Bonchev–Trinajstić information content (AvgIpc) is 3.13. The molecule has 5 rings (SSSR count). The number of halogens is 2. The van der Waals surface area contributed by atoms with Gasteiger partial charge in [0.15, 0.2) is 0 Å². The molecular weight excluding hydrogens is 450 g/mol. The van der Waals surface area contributed by atoms with E-state index in [0.29, 0.717) is 9.04 Å². The molecule has 0 spiro atoms. The van der Waals surface area contributed by atoms with Crippen molar-refractivity contribution in [3.63, 3.8) is 0 Å². The van der Waals surface area contributed by atoms with Crippen molar-refractivity contribution >= 4 is 11.6 Å². The van der Waals surface area contributed by atoms with E-state index in [0.717, 1.165) is 3.63 Å². The molecule has 27 heavy (non-hydrogen) atoms. The van der Waals surface area contributed by atoms with Gasteiger partial charge in [0.25, 0.3) is 0 Å². The molecule has 138 valence electrons. The Bertz CT molecular complexity index is 914. The minimum absolute atomic E-state index is 0. The average molecular weight is 475 g/mol. The predicted octanol–water partition coefficient (Wildman–Crippen LogP) is 0.778. The second-order valence-electron chi connectivity index (χ2n) is 7.91. The molecule has 0 fully saturated rings. The van der Waals surface area contributed by atoms with E-state index in [1.54, 1.807) is 22.3 Å². The second kappa shape index (κ2) is 8.02. The summed E-state index contributed by atoms with van der Waals surface area (Å²) in [4.78, 5) is 0. The zero-order chi connectivity index (χ0) is 17.0. The van der Waals surface area contributed by atoms with E-state index in [2.05, 4.69) is 74.5 Å². The Morgan fingerprint density at radius 2 is 1.67 bits per heavy atom. The van der Waals surface area contributed by atoms with Crippen molar-refractivity contribution < 1.29 is 48.0 Å². The fourth-order valence-electron chi connectivity index (χ4n) is 4.94. The maximum Gasteiger partial charge on any atom is -1.00 e. The van der Waals surface area contributed by atoms with Crippen LogP contribution in [0.3, 0.4) is 0 Å². The van der Waals surface area contributed by atoms with Crippen LogP contribution in [0.4, 0.5) is 0 Å². The van der Waals surface area contributed by atoms with Gasteiger partial charge in [0.05, 0.1) is 0 Å². The summed E-state index contributed by atoms with van der Waals surface area (Å²) in [5, 5.41) is 0. The van der Waals surface area contributed by atoms with Crippen LogP contribution < -0.4 is 24.8 Å². The molecule has 0 bridgehead atoms. The molecule has 2 aromatic rings. The summed E-state index contributed by atoms with van der Waals surface area (Å²) < 4.78 is 1.29. The first-order valence-electron chi connectivity index (χ1n) is 9.57. The Morgan fingerprint density at radius 3 is 2.37 bits per heavy atom. The van der Waals surface area contributed by atoms with Gasteiger partial charge in [-0.15, -0.1) is 0 Å². The standard InChI is InChI=1S/C13H15.C11H9.2ClH.Zr/c1-3-10(2)12-9-8-11-6-4-5-7-13(11)12;1-2-4-10-8(3-1)7-9-5-6-11(9)10;;;/h4-9,12H,3H2,1-2H3;1-4,7H,5-6H2;2*1H;/q;;;;+2/p-2. The Kier molecular flexibility index (Phi) is 6.27. The molecule has 0 aliphatic heterocycles. The topological polar surface area (TPSA) is 0 Å². The Balaban J connectivity index is 0.00000105. The zero-order valence-corrected chi connectivity index (χ0v) is 19.8. The van der Waals surface area contributed by atoms with E-state index in [-0.39, 0.29) is 24.8 Å². The van der Waals surface area contributed by atoms with Crippen LogP contribution in [-0.2, 0) is 23.2 Å². The quantitative estimate of drug-likeness (QED) is 0.615. The molecule has 3 atom stereocenters. The molecular formula is C24H24Cl2Zr. The molecule has 2 aromatic carbocycles. The Labute approximate surface area is 186 Å². The van der Waals surface area contributed by atoms with Gasteiger partial charge in [-0.2, -0.15) is 0 Å². The molecule has 3 unspecified atom stereocenters. The smallest absolute Gasteiger partial charge is 1.00 e. The normalized spacial score (nSPS) is 23.0. The minimum atomic E-state index is -0.662. The van der Waals surface area contributed by atoms with Gasteiger partial charge < -0.3 is 24.8 Å². The van der Waals surface area contributed by atoms with Gasteiger partial charge >= 0.3 is 163 Å². The van der Waals surface area contributed by atoms with Crippen LogP contribution in [0.2, 0.25) is 3.12 Å². The molecule has 0 N–H and O–H groups in total. The van der Waals surface area contributed by atoms with Gasteiger partial charge in [0.2, 0.25) is 0 Å². The largest absolute Gasteiger partial charge is 1.00 e. The molecule has 0 nitrogen and oxygen atoms in total. The number of rotatable bonds is 4. The van der Waals surface area contributed by atoms with Gasteiger partial charge in [0.1, 0.15) is 0 Å². The van der Waals surface area contributed by atoms with Crippen LogP contribution in [0.15, 0.2) is 60.2 Å². The minimum Gasteiger partial charge on any atom is -1.00 e. The maximum atomic E-state index is 2.59. The summed E-state index contributed by atoms with van der Waals surface area (Å²) in [5.74, 6) is 0.622. The van der Waals surface area contributed by atoms with Crippen molar-refractivity contribution in [3.8, 4) is 0 Å². The van der Waals surface area contributed by atoms with Crippen molar-refractivity contribution in [3.05, 3.63) is 82.4 Å². The summed E-state index contributed by atoms with van der Waals surface area (Å²) in [6, 6.07) is 18.3. The van der Waals surface area contributed by atoms with E-state index in [1.807, 2.05) is 5.57 Å². The third-order valence-corrected chi connectivity index (χ3v) is 12.3. The van der Waals surface area contributed by atoms with Crippen molar-refractivity contribution in [2.45, 2.75) is 45.8 Å². The summed E-state index contributed by atoms with van der Waals surface area (Å²) in [5.41, 5.74) is 9.82. The number of allylic oxidation sites excluding steroid dienone is 3. The molecule has 0 saturated carbocycles. The molecule has 0 aromatic heterocycles. The van der Waals surface area contributed by atoms with E-state index < -0.39 is 23.2 Å². The van der Waals surface area contributed by atoms with Crippen molar-refractivity contribution in [1.29, 1.82) is 0 Å². The van der Waals surface area contributed by atoms with Crippen LogP contribution in [0.1, 0.15) is 64.9 Å². The van der Waals surface area contributed by atoms with E-state index >= 15 is 0 Å². The first-order chi connectivity index (χ1) is 12.2. The maximum absolute atomic E-state index is 2.59. The summed E-state index contributed by atoms with van der Waals surface area (Å²) in [7, 11) is 0. The monoisotopic (exact) mass is 472 g/mol. The van der Waals surface area contributed by atoms with Gasteiger partial charge in [0, 0.05) is 0 Å². The number of fused-ring (bicyclic) bond motifs is 3. The van der Waals surface area contributed by atoms with Gasteiger partial charge in [-0.25, -0.2) is 0 Å². The van der Waals surface area contributed by atoms with E-state index in [1.165, 1.54) is 24.8 Å². The first-order valence-corrected chi connectivity index (χ1v) is 12.2. The van der Waals surface area contributed by atoms with Crippen molar-refractivity contribution in [1.82, 2.24) is 0 Å². The van der Waals surface area contributed by atoms with Crippen LogP contribution in [0, 0.1) is 0 Å². The third-order valence-electron chi connectivity index (χ3n) is 6.67. The molecule has 0 heterocycles. The molecule has 3 heteroatoms. The number of benzene rings is 2. The first kappa shape index (κ1) is 21.1. The SMILES string of the molecule is CC[C](C)([Zr+2][CH]1C2=C(CC2)c2ccccc21)C1C=Cc2ccccc21.[Cl-].[Cl-]. The summed E-state index contributed by atoms with van der Waals surface area (Å²) in [6.07, 6.45) is 8.84.